The number of hydrazine groups is 1. The number of carbonyl (C=O) groups excluding carboxylic acids is 4. The average Bonchev–Trinajstić information content (AvgIpc) is 3.32. The van der Waals surface area contributed by atoms with Crippen LogP contribution in [0.3, 0.4) is 0 Å². The number of thioether (sulfide) groups is 1. The topological polar surface area (TPSA) is 240 Å². The lowest BCUT2D eigenvalue weighted by atomic mass is 10.0. The minimum atomic E-state index is -4.99. The molecule has 3 aliphatic rings. The Balaban J connectivity index is 1.54. The van der Waals surface area contributed by atoms with Crippen molar-refractivity contribution >= 4 is 51.7 Å². The molecule has 7 N–H and O–H groups in total. The summed E-state index contributed by atoms with van der Waals surface area (Å²) in [6.07, 6.45) is 0. The number of carbonyl (C=O) groups is 5. The molecule has 4 atom stereocenters. The first-order valence-electron chi connectivity index (χ1n) is 10.2. The molecule has 18 heteroatoms. The van der Waals surface area contributed by atoms with Crippen molar-refractivity contribution in [2.45, 2.75) is 21.5 Å². The minimum Gasteiger partial charge on any atom is -0.508 e. The number of carboxylic acids is 1. The van der Waals surface area contributed by atoms with Crippen molar-refractivity contribution in [3.05, 3.63) is 29.8 Å². The van der Waals surface area contributed by atoms with Gasteiger partial charge in [-0.25, -0.2) is 24.8 Å². The molecule has 3 aliphatic heterocycles. The highest BCUT2D eigenvalue weighted by Crippen LogP contribution is 2.49. The number of carboxylic acid groups (broad SMARTS) is 1. The fourth-order valence-electron chi connectivity index (χ4n) is 4.25. The summed E-state index contributed by atoms with van der Waals surface area (Å²) in [4.78, 5) is 61.8. The number of nitrogens with zero attached hydrogens (tertiary/aromatic N) is 3. The van der Waals surface area contributed by atoms with E-state index in [-0.39, 0.29) is 24.4 Å². The van der Waals surface area contributed by atoms with Crippen LogP contribution in [0.5, 0.6) is 5.75 Å². The van der Waals surface area contributed by atoms with Gasteiger partial charge in [0.2, 0.25) is 16.7 Å². The number of hydrogen-bond acceptors (Lipinski definition) is 9. The van der Waals surface area contributed by atoms with E-state index in [1.54, 1.807) is 0 Å². The molecule has 3 saturated heterocycles. The van der Waals surface area contributed by atoms with Gasteiger partial charge in [0.25, 0.3) is 10.1 Å². The van der Waals surface area contributed by atoms with E-state index in [9.17, 15) is 47.2 Å². The number of hydrogen-bond donors (Lipinski definition) is 6. The molecule has 36 heavy (non-hydrogen) atoms. The summed E-state index contributed by atoms with van der Waals surface area (Å²) in [5.74, 6) is -3.63. The minimum absolute atomic E-state index is 0.0706. The third kappa shape index (κ3) is 4.11. The van der Waals surface area contributed by atoms with Crippen molar-refractivity contribution in [3.8, 4) is 5.75 Å². The summed E-state index contributed by atoms with van der Waals surface area (Å²) in [5, 5.41) is 19.4. The van der Waals surface area contributed by atoms with Gasteiger partial charge in [-0.3, -0.25) is 19.0 Å². The number of nitrogens with two attached hydrogens (primary N) is 1. The molecular formula is C18H20N6O10S2. The molecule has 1 aromatic rings. The van der Waals surface area contributed by atoms with Crippen molar-refractivity contribution in [1.29, 1.82) is 0 Å². The van der Waals surface area contributed by atoms with Gasteiger partial charge >= 0.3 is 18.0 Å². The molecule has 4 rings (SSSR count). The summed E-state index contributed by atoms with van der Waals surface area (Å²) < 4.78 is 33.5. The van der Waals surface area contributed by atoms with Crippen LogP contribution in [-0.4, -0.2) is 104 Å². The maximum Gasteiger partial charge on any atom is 0.342 e. The first-order chi connectivity index (χ1) is 16.8. The van der Waals surface area contributed by atoms with Crippen LogP contribution in [0, 0.1) is 0 Å². The normalized spacial score (nSPS) is 26.3. The highest BCUT2D eigenvalue weighted by molar-refractivity contribution is 8.02. The lowest BCUT2D eigenvalue weighted by molar-refractivity contribution is -0.151. The van der Waals surface area contributed by atoms with Crippen molar-refractivity contribution in [3.63, 3.8) is 0 Å². The number of primary amides is 1. The fourth-order valence-corrected chi connectivity index (χ4v) is 6.73. The van der Waals surface area contributed by atoms with Gasteiger partial charge < -0.3 is 26.2 Å². The summed E-state index contributed by atoms with van der Waals surface area (Å²) in [5.41, 5.74) is 6.91. The van der Waals surface area contributed by atoms with Gasteiger partial charge in [-0.1, -0.05) is 23.9 Å². The van der Waals surface area contributed by atoms with Crippen molar-refractivity contribution in [1.82, 2.24) is 25.6 Å². The molecule has 0 radical (unpaired) electrons. The molecule has 194 valence electrons. The van der Waals surface area contributed by atoms with Crippen LogP contribution >= 0.6 is 11.8 Å². The maximum atomic E-state index is 12.8. The highest BCUT2D eigenvalue weighted by Gasteiger charge is 2.66. The van der Waals surface area contributed by atoms with Gasteiger partial charge in [0, 0.05) is 6.54 Å². The molecule has 0 bridgehead atoms. The molecule has 0 spiro atoms. The summed E-state index contributed by atoms with van der Waals surface area (Å²) >= 11 is 0.689. The van der Waals surface area contributed by atoms with E-state index < -0.39 is 68.0 Å². The number of fused-ring (bicyclic) bond motifs is 1. The van der Waals surface area contributed by atoms with E-state index in [1.807, 2.05) is 0 Å². The zero-order valence-electron chi connectivity index (χ0n) is 18.1. The van der Waals surface area contributed by atoms with Crippen LogP contribution in [0.1, 0.15) is 10.8 Å². The zero-order valence-corrected chi connectivity index (χ0v) is 19.7. The zero-order chi connectivity index (χ0) is 26.6. The number of urea groups is 2. The Hall–Kier alpha value is -3.77. The third-order valence-corrected chi connectivity index (χ3v) is 8.66. The van der Waals surface area contributed by atoms with Crippen LogP contribution in [0.25, 0.3) is 0 Å². The van der Waals surface area contributed by atoms with Crippen molar-refractivity contribution < 1.29 is 47.2 Å². The van der Waals surface area contributed by atoms with Gasteiger partial charge in [0.05, 0.1) is 13.1 Å². The van der Waals surface area contributed by atoms with Crippen LogP contribution in [0.4, 0.5) is 9.59 Å². The van der Waals surface area contributed by atoms with Gasteiger partial charge in [-0.05, 0) is 17.7 Å². The standard InChI is InChI=1S/C18H20N6O10S2/c19-16(30)21-24-6-5-23(17(24)31)18(15(28)29)7-22-13(27)10(14(22)35-18)20-12(26)11(36(32,33)34)8-1-3-9(25)4-2-8/h1-4,10-11,14,25H,5-7H2,(H,20,26)(H,28,29)(H3,19,21,30)(H,32,33,34)/t10-,11?,14-,18-/m1/s1. The van der Waals surface area contributed by atoms with Crippen LogP contribution in [0.2, 0.25) is 0 Å². The first-order valence-corrected chi connectivity index (χ1v) is 12.6. The van der Waals surface area contributed by atoms with Crippen molar-refractivity contribution in [2.24, 2.45) is 5.73 Å². The number of nitrogens with one attached hydrogen (secondary N) is 2. The predicted octanol–water partition coefficient (Wildman–Crippen LogP) is -2.18. The Morgan fingerprint density at radius 1 is 1.17 bits per heavy atom. The number of β-lactam (4-membered cyclic amide) rings is 1. The molecular weight excluding hydrogens is 524 g/mol. The number of phenolic OH excluding ortho intramolecular Hbond substituents is 1. The quantitative estimate of drug-likeness (QED) is 0.159. The SMILES string of the molecule is NC(=O)NN1CCN([C@]2(C(=O)O)CN3C(=O)[C@@H](NC(=O)C(c4ccc(O)cc4)S(=O)(=O)O)[C@H]3S2)C1=O. The molecule has 1 unspecified atom stereocenters. The van der Waals surface area contributed by atoms with Crippen LogP contribution in [-0.2, 0) is 24.5 Å². The molecule has 0 aromatic heterocycles. The lowest BCUT2D eigenvalue weighted by Gasteiger charge is -2.41. The van der Waals surface area contributed by atoms with E-state index in [1.165, 1.54) is 0 Å². The molecule has 3 fully saturated rings. The predicted molar refractivity (Wildman–Crippen MR) is 119 cm³/mol. The molecule has 3 heterocycles. The highest BCUT2D eigenvalue weighted by atomic mass is 32.2. The summed E-state index contributed by atoms with van der Waals surface area (Å²) in [6, 6.07) is 1.18. The van der Waals surface area contributed by atoms with Gasteiger partial charge in [-0.2, -0.15) is 8.42 Å². The largest absolute Gasteiger partial charge is 0.508 e. The number of aromatic hydroxyl groups is 1. The van der Waals surface area contributed by atoms with Gasteiger partial charge in [0.1, 0.15) is 17.2 Å². The van der Waals surface area contributed by atoms with E-state index in [2.05, 4.69) is 10.7 Å². The Labute approximate surface area is 207 Å². The Morgan fingerprint density at radius 3 is 2.36 bits per heavy atom. The fraction of sp³-hybridized carbons (Fsp3) is 0.389. The molecule has 0 saturated carbocycles. The van der Waals surface area contributed by atoms with E-state index in [4.69, 9.17) is 5.73 Å². The number of benzene rings is 1. The van der Waals surface area contributed by atoms with Crippen molar-refractivity contribution in [2.75, 3.05) is 19.6 Å². The Kier molecular flexibility index (Phi) is 6.13. The second-order valence-corrected chi connectivity index (χ2v) is 11.0. The second kappa shape index (κ2) is 8.71. The number of phenols is 1. The lowest BCUT2D eigenvalue weighted by Crippen LogP contribution is -2.68. The maximum absolute atomic E-state index is 12.8. The average molecular weight is 545 g/mol. The van der Waals surface area contributed by atoms with E-state index in [0.29, 0.717) is 11.8 Å². The summed E-state index contributed by atoms with van der Waals surface area (Å²) in [6.45, 7) is -0.618. The first kappa shape index (κ1) is 25.3. The molecule has 16 nitrogen and oxygen atoms in total. The van der Waals surface area contributed by atoms with Crippen LogP contribution < -0.4 is 16.5 Å². The molecule has 0 aliphatic carbocycles. The third-order valence-electron chi connectivity index (χ3n) is 5.90. The van der Waals surface area contributed by atoms with Crippen LogP contribution in [0.15, 0.2) is 24.3 Å². The number of amides is 6. The molecule has 1 aromatic carbocycles. The van der Waals surface area contributed by atoms with Gasteiger partial charge in [0.15, 0.2) is 5.25 Å². The summed E-state index contributed by atoms with van der Waals surface area (Å²) in [7, 11) is -4.99. The van der Waals surface area contributed by atoms with E-state index >= 15 is 0 Å². The Bertz CT molecular complexity index is 1260. The monoisotopic (exact) mass is 544 g/mol. The molecule has 6 amide bonds. The smallest absolute Gasteiger partial charge is 0.342 e. The number of aliphatic carboxylic acids is 1. The second-order valence-electron chi connectivity index (χ2n) is 8.10. The van der Waals surface area contributed by atoms with Gasteiger partial charge in [-0.15, -0.1) is 0 Å². The number of rotatable bonds is 7. The van der Waals surface area contributed by atoms with E-state index in [0.717, 1.165) is 39.1 Å². The Morgan fingerprint density at radius 2 is 1.81 bits per heavy atom.